The maximum absolute atomic E-state index is 13.5. The molecule has 6 rings (SSSR count). The van der Waals surface area contributed by atoms with Gasteiger partial charge in [-0.1, -0.05) is 42.5 Å². The van der Waals surface area contributed by atoms with Gasteiger partial charge in [-0.3, -0.25) is 14.5 Å². The molecule has 8 heteroatoms. The number of benzene rings is 3. The van der Waals surface area contributed by atoms with E-state index in [0.29, 0.717) is 36.8 Å². The van der Waals surface area contributed by atoms with Crippen LogP contribution in [-0.4, -0.2) is 53.9 Å². The number of urea groups is 1. The summed E-state index contributed by atoms with van der Waals surface area (Å²) in [6.45, 7) is 3.17. The van der Waals surface area contributed by atoms with E-state index >= 15 is 0 Å². The molecule has 0 bridgehead atoms. The standard InChI is InChI=1S/C29H29N3O5/c1-29(22-11-9-19-6-2-3-7-20(19)16-22)27(34)32(28(35)30-29)18-26(33)31-13-4-8-23(31)21-10-12-24-25(17-21)37-15-5-14-36-24/h2-3,6-7,9-12,16-17,23H,4-5,8,13-15,18H2,1H3,(H,30,35)/t23-,29-/m0/s1. The van der Waals surface area contributed by atoms with Gasteiger partial charge < -0.3 is 19.7 Å². The number of nitrogens with zero attached hydrogens (tertiary/aromatic N) is 2. The Kier molecular flexibility index (Phi) is 5.74. The van der Waals surface area contributed by atoms with Gasteiger partial charge in [-0.2, -0.15) is 0 Å². The van der Waals surface area contributed by atoms with E-state index in [0.717, 1.165) is 40.5 Å². The lowest BCUT2D eigenvalue weighted by atomic mass is 9.90. The molecule has 2 saturated heterocycles. The molecule has 0 aromatic heterocycles. The second-order valence-electron chi connectivity index (χ2n) is 10.0. The first-order chi connectivity index (χ1) is 17.9. The van der Waals surface area contributed by atoms with Gasteiger partial charge in [0.25, 0.3) is 5.91 Å². The van der Waals surface area contributed by atoms with E-state index in [1.165, 1.54) is 0 Å². The molecule has 3 aromatic rings. The Morgan fingerprint density at radius 1 is 0.973 bits per heavy atom. The van der Waals surface area contributed by atoms with Crippen LogP contribution in [0.25, 0.3) is 10.8 Å². The molecule has 0 unspecified atom stereocenters. The second kappa shape index (κ2) is 9.10. The minimum absolute atomic E-state index is 0.141. The monoisotopic (exact) mass is 499 g/mol. The molecule has 37 heavy (non-hydrogen) atoms. The van der Waals surface area contributed by atoms with Gasteiger partial charge in [0, 0.05) is 13.0 Å². The molecule has 3 aliphatic rings. The predicted molar refractivity (Wildman–Crippen MR) is 137 cm³/mol. The van der Waals surface area contributed by atoms with E-state index in [2.05, 4.69) is 5.32 Å². The SMILES string of the molecule is C[C@@]1(c2ccc3ccccc3c2)NC(=O)N(CC(=O)N2CCC[C@H]2c2ccc3c(c2)OCCCO3)C1=O. The molecule has 0 aliphatic carbocycles. The highest BCUT2D eigenvalue weighted by Gasteiger charge is 2.50. The van der Waals surface area contributed by atoms with Crippen molar-refractivity contribution in [1.82, 2.24) is 15.1 Å². The third kappa shape index (κ3) is 4.06. The zero-order valence-electron chi connectivity index (χ0n) is 20.7. The van der Waals surface area contributed by atoms with Gasteiger partial charge in [-0.15, -0.1) is 0 Å². The van der Waals surface area contributed by atoms with Gasteiger partial charge >= 0.3 is 6.03 Å². The van der Waals surface area contributed by atoms with Crippen molar-refractivity contribution in [1.29, 1.82) is 0 Å². The normalized spacial score (nSPS) is 23.3. The maximum atomic E-state index is 13.5. The molecule has 190 valence electrons. The quantitative estimate of drug-likeness (QED) is 0.546. The number of carbonyl (C=O) groups is 3. The lowest BCUT2D eigenvalue weighted by molar-refractivity contribution is -0.139. The summed E-state index contributed by atoms with van der Waals surface area (Å²) in [6, 6.07) is 18.7. The third-order valence-corrected chi connectivity index (χ3v) is 7.62. The zero-order valence-corrected chi connectivity index (χ0v) is 20.7. The van der Waals surface area contributed by atoms with Gasteiger partial charge in [0.05, 0.1) is 19.3 Å². The molecule has 0 saturated carbocycles. The number of imide groups is 1. The Bertz CT molecular complexity index is 1410. The first-order valence-corrected chi connectivity index (χ1v) is 12.8. The molecule has 4 amide bonds. The molecule has 8 nitrogen and oxygen atoms in total. The number of ether oxygens (including phenoxy) is 2. The Balaban J connectivity index is 1.21. The topological polar surface area (TPSA) is 88.2 Å². The van der Waals surface area contributed by atoms with Crippen LogP contribution >= 0.6 is 0 Å². The van der Waals surface area contributed by atoms with Crippen molar-refractivity contribution in [2.75, 3.05) is 26.3 Å². The number of rotatable bonds is 4. The minimum atomic E-state index is -1.24. The Morgan fingerprint density at radius 2 is 1.76 bits per heavy atom. The summed E-state index contributed by atoms with van der Waals surface area (Å²) in [5.41, 5.74) is 0.416. The van der Waals surface area contributed by atoms with Crippen molar-refractivity contribution >= 4 is 28.6 Å². The van der Waals surface area contributed by atoms with Crippen LogP contribution in [0.2, 0.25) is 0 Å². The average Bonchev–Trinajstić information content (AvgIpc) is 3.39. The number of nitrogens with one attached hydrogen (secondary N) is 1. The summed E-state index contributed by atoms with van der Waals surface area (Å²) in [7, 11) is 0. The molecular formula is C29H29N3O5. The van der Waals surface area contributed by atoms with E-state index in [1.54, 1.807) is 11.8 Å². The van der Waals surface area contributed by atoms with Crippen LogP contribution in [0, 0.1) is 0 Å². The molecule has 2 fully saturated rings. The van der Waals surface area contributed by atoms with E-state index < -0.39 is 17.5 Å². The molecule has 0 spiro atoms. The number of likely N-dealkylation sites (tertiary alicyclic amines) is 1. The van der Waals surface area contributed by atoms with Crippen molar-refractivity contribution in [2.24, 2.45) is 0 Å². The Morgan fingerprint density at radius 3 is 2.59 bits per heavy atom. The third-order valence-electron chi connectivity index (χ3n) is 7.62. The van der Waals surface area contributed by atoms with Crippen LogP contribution in [0.15, 0.2) is 60.7 Å². The first kappa shape index (κ1) is 23.3. The number of hydrogen-bond donors (Lipinski definition) is 1. The number of hydrogen-bond acceptors (Lipinski definition) is 5. The summed E-state index contributed by atoms with van der Waals surface area (Å²) in [6.07, 6.45) is 2.47. The van der Waals surface area contributed by atoms with E-state index in [1.807, 2.05) is 60.7 Å². The van der Waals surface area contributed by atoms with Crippen LogP contribution in [0.3, 0.4) is 0 Å². The fourth-order valence-corrected chi connectivity index (χ4v) is 5.56. The summed E-state index contributed by atoms with van der Waals surface area (Å²) < 4.78 is 11.6. The highest BCUT2D eigenvalue weighted by atomic mass is 16.5. The second-order valence-corrected chi connectivity index (χ2v) is 10.0. The minimum Gasteiger partial charge on any atom is -0.490 e. The van der Waals surface area contributed by atoms with Gasteiger partial charge in [-0.25, -0.2) is 4.79 Å². The molecule has 2 atom stereocenters. The van der Waals surface area contributed by atoms with Crippen molar-refractivity contribution in [3.05, 3.63) is 71.8 Å². The van der Waals surface area contributed by atoms with Crippen molar-refractivity contribution in [2.45, 2.75) is 37.8 Å². The highest BCUT2D eigenvalue weighted by molar-refractivity contribution is 6.09. The molecule has 0 radical (unpaired) electrons. The van der Waals surface area contributed by atoms with E-state index in [-0.39, 0.29) is 18.5 Å². The molecule has 1 N–H and O–H groups in total. The Hall–Kier alpha value is -4.07. The fourth-order valence-electron chi connectivity index (χ4n) is 5.56. The molecule has 3 aromatic carbocycles. The average molecular weight is 500 g/mol. The summed E-state index contributed by atoms with van der Waals surface area (Å²) in [4.78, 5) is 42.7. The Labute approximate surface area is 215 Å². The van der Waals surface area contributed by atoms with Crippen LogP contribution in [0.5, 0.6) is 11.5 Å². The summed E-state index contributed by atoms with van der Waals surface area (Å²) in [5.74, 6) is 0.729. The summed E-state index contributed by atoms with van der Waals surface area (Å²) >= 11 is 0. The van der Waals surface area contributed by atoms with Crippen molar-refractivity contribution in [3.63, 3.8) is 0 Å². The zero-order chi connectivity index (χ0) is 25.6. The smallest absolute Gasteiger partial charge is 0.325 e. The molecule has 3 heterocycles. The van der Waals surface area contributed by atoms with Crippen LogP contribution in [-0.2, 0) is 15.1 Å². The van der Waals surface area contributed by atoms with Crippen LogP contribution < -0.4 is 14.8 Å². The van der Waals surface area contributed by atoms with Gasteiger partial charge in [-0.05, 0) is 59.9 Å². The van der Waals surface area contributed by atoms with E-state index in [4.69, 9.17) is 9.47 Å². The largest absolute Gasteiger partial charge is 0.490 e. The number of carbonyl (C=O) groups excluding carboxylic acids is 3. The van der Waals surface area contributed by atoms with Gasteiger partial charge in [0.1, 0.15) is 12.1 Å². The maximum Gasteiger partial charge on any atom is 0.325 e. The number of amides is 4. The van der Waals surface area contributed by atoms with E-state index in [9.17, 15) is 14.4 Å². The molecular weight excluding hydrogens is 470 g/mol. The molecule has 3 aliphatic heterocycles. The van der Waals surface area contributed by atoms with Gasteiger partial charge in [0.2, 0.25) is 5.91 Å². The summed E-state index contributed by atoms with van der Waals surface area (Å²) in [5, 5.41) is 4.86. The van der Waals surface area contributed by atoms with Crippen molar-refractivity contribution in [3.8, 4) is 11.5 Å². The lowest BCUT2D eigenvalue weighted by Crippen LogP contribution is -2.44. The number of fused-ring (bicyclic) bond motifs is 2. The predicted octanol–water partition coefficient (Wildman–Crippen LogP) is 4.13. The first-order valence-electron chi connectivity index (χ1n) is 12.8. The van der Waals surface area contributed by atoms with Crippen LogP contribution in [0.1, 0.15) is 43.4 Å². The van der Waals surface area contributed by atoms with Crippen LogP contribution in [0.4, 0.5) is 4.79 Å². The van der Waals surface area contributed by atoms with Gasteiger partial charge in [0.15, 0.2) is 11.5 Å². The lowest BCUT2D eigenvalue weighted by Gasteiger charge is -2.27. The van der Waals surface area contributed by atoms with Crippen molar-refractivity contribution < 1.29 is 23.9 Å². The highest BCUT2D eigenvalue weighted by Crippen LogP contribution is 2.38. The fraction of sp³-hybridized carbons (Fsp3) is 0.345.